The highest BCUT2D eigenvalue weighted by atomic mass is 32.2. The zero-order valence-electron chi connectivity index (χ0n) is 12.4. The predicted molar refractivity (Wildman–Crippen MR) is 81.5 cm³/mol. The minimum Gasteiger partial charge on any atom is -0.508 e. The zero-order valence-corrected chi connectivity index (χ0v) is 13.2. The molecule has 0 heterocycles. The Labute approximate surface area is 125 Å². The smallest absolute Gasteiger partial charge is 0.224 e. The molecule has 1 amide bonds. The number of carbonyl (C=O) groups is 1. The number of nitrogens with one attached hydrogen (secondary N) is 1. The molecular formula is C14H22N2O4S. The van der Waals surface area contributed by atoms with Gasteiger partial charge in [0.25, 0.3) is 0 Å². The van der Waals surface area contributed by atoms with E-state index in [1.165, 1.54) is 10.4 Å². The Balaban J connectivity index is 2.46. The molecule has 2 N–H and O–H groups in total. The van der Waals surface area contributed by atoms with Crippen molar-refractivity contribution in [1.29, 1.82) is 0 Å². The van der Waals surface area contributed by atoms with Gasteiger partial charge in [-0.25, -0.2) is 12.7 Å². The first-order valence-electron chi connectivity index (χ1n) is 6.92. The van der Waals surface area contributed by atoms with Crippen LogP contribution in [0.5, 0.6) is 5.75 Å². The SMILES string of the molecule is CCN(CC)S(=O)(=O)CCNC(=O)Cc1ccccc1O. The molecule has 1 aromatic rings. The van der Waals surface area contributed by atoms with Gasteiger partial charge in [-0.05, 0) is 6.07 Å². The molecule has 1 rings (SSSR count). The van der Waals surface area contributed by atoms with Gasteiger partial charge in [0.05, 0.1) is 12.2 Å². The Morgan fingerprint density at radius 3 is 2.43 bits per heavy atom. The number of benzene rings is 1. The number of phenols is 1. The summed E-state index contributed by atoms with van der Waals surface area (Å²) in [4.78, 5) is 11.7. The molecule has 0 saturated heterocycles. The van der Waals surface area contributed by atoms with Gasteiger partial charge in [0, 0.05) is 25.2 Å². The van der Waals surface area contributed by atoms with E-state index in [9.17, 15) is 18.3 Å². The Hall–Kier alpha value is -1.60. The van der Waals surface area contributed by atoms with Crippen LogP contribution in [0.4, 0.5) is 0 Å². The molecule has 0 fully saturated rings. The molecule has 0 unspecified atom stereocenters. The van der Waals surface area contributed by atoms with Crippen molar-refractivity contribution in [2.24, 2.45) is 0 Å². The van der Waals surface area contributed by atoms with Crippen LogP contribution in [0, 0.1) is 0 Å². The molecule has 7 heteroatoms. The number of nitrogens with zero attached hydrogens (tertiary/aromatic N) is 1. The molecule has 0 atom stereocenters. The molecule has 0 aliphatic rings. The number of hydrogen-bond acceptors (Lipinski definition) is 4. The second-order valence-corrected chi connectivity index (χ2v) is 6.64. The summed E-state index contributed by atoms with van der Waals surface area (Å²) in [6, 6.07) is 6.57. The highest BCUT2D eigenvalue weighted by molar-refractivity contribution is 7.89. The highest BCUT2D eigenvalue weighted by Gasteiger charge is 2.18. The van der Waals surface area contributed by atoms with Gasteiger partial charge in [-0.1, -0.05) is 32.0 Å². The van der Waals surface area contributed by atoms with Crippen LogP contribution in [0.25, 0.3) is 0 Å². The van der Waals surface area contributed by atoms with Crippen LogP contribution in [-0.4, -0.2) is 49.1 Å². The minimum absolute atomic E-state index is 0.0258. The molecule has 0 radical (unpaired) electrons. The minimum atomic E-state index is -3.33. The average Bonchev–Trinajstić information content (AvgIpc) is 2.42. The van der Waals surface area contributed by atoms with Crippen LogP contribution in [0.15, 0.2) is 24.3 Å². The topological polar surface area (TPSA) is 86.7 Å². The summed E-state index contributed by atoms with van der Waals surface area (Å²) in [5.41, 5.74) is 0.515. The van der Waals surface area contributed by atoms with E-state index in [0.717, 1.165) is 0 Å². The van der Waals surface area contributed by atoms with E-state index in [2.05, 4.69) is 5.32 Å². The number of para-hydroxylation sites is 1. The van der Waals surface area contributed by atoms with Gasteiger partial charge in [0.1, 0.15) is 5.75 Å². The maximum absolute atomic E-state index is 11.9. The first-order chi connectivity index (χ1) is 9.90. The van der Waals surface area contributed by atoms with Gasteiger partial charge in [-0.3, -0.25) is 4.79 Å². The molecule has 1 aromatic carbocycles. The van der Waals surface area contributed by atoms with E-state index < -0.39 is 10.0 Å². The van der Waals surface area contributed by atoms with Crippen LogP contribution in [0.1, 0.15) is 19.4 Å². The van der Waals surface area contributed by atoms with E-state index in [-0.39, 0.29) is 30.4 Å². The van der Waals surface area contributed by atoms with Crippen LogP contribution in [-0.2, 0) is 21.2 Å². The van der Waals surface area contributed by atoms with Crippen molar-refractivity contribution in [3.8, 4) is 5.75 Å². The van der Waals surface area contributed by atoms with Gasteiger partial charge < -0.3 is 10.4 Å². The Morgan fingerprint density at radius 1 is 1.24 bits per heavy atom. The van der Waals surface area contributed by atoms with Gasteiger partial charge >= 0.3 is 0 Å². The maximum Gasteiger partial charge on any atom is 0.224 e. The predicted octanol–water partition coefficient (Wildman–Crippen LogP) is 0.723. The van der Waals surface area contributed by atoms with Crippen molar-refractivity contribution < 1.29 is 18.3 Å². The fraction of sp³-hybridized carbons (Fsp3) is 0.500. The van der Waals surface area contributed by atoms with Crippen molar-refractivity contribution >= 4 is 15.9 Å². The van der Waals surface area contributed by atoms with E-state index in [1.807, 2.05) is 0 Å². The number of hydrogen-bond donors (Lipinski definition) is 2. The lowest BCUT2D eigenvalue weighted by Crippen LogP contribution is -2.37. The van der Waals surface area contributed by atoms with Crippen LogP contribution < -0.4 is 5.32 Å². The molecule has 0 aromatic heterocycles. The third-order valence-corrected chi connectivity index (χ3v) is 5.15. The lowest BCUT2D eigenvalue weighted by Gasteiger charge is -2.18. The van der Waals surface area contributed by atoms with Crippen molar-refractivity contribution in [2.75, 3.05) is 25.4 Å². The zero-order chi connectivity index (χ0) is 15.9. The molecule has 6 nitrogen and oxygen atoms in total. The van der Waals surface area contributed by atoms with Gasteiger partial charge in [0.15, 0.2) is 0 Å². The van der Waals surface area contributed by atoms with E-state index in [0.29, 0.717) is 18.7 Å². The normalized spacial score (nSPS) is 11.6. The van der Waals surface area contributed by atoms with Crippen LogP contribution in [0.3, 0.4) is 0 Å². The standard InChI is InChI=1S/C14H22N2O4S/c1-3-16(4-2)21(19,20)10-9-15-14(18)11-12-7-5-6-8-13(12)17/h5-8,17H,3-4,9-11H2,1-2H3,(H,15,18). The number of carbonyl (C=O) groups excluding carboxylic acids is 1. The van der Waals surface area contributed by atoms with Crippen LogP contribution >= 0.6 is 0 Å². The lowest BCUT2D eigenvalue weighted by molar-refractivity contribution is -0.120. The Kier molecular flexibility index (Phi) is 6.64. The summed E-state index contributed by atoms with van der Waals surface area (Å²) in [5.74, 6) is -0.379. The van der Waals surface area contributed by atoms with E-state index in [1.54, 1.807) is 32.0 Å². The third kappa shape index (κ3) is 5.35. The third-order valence-electron chi connectivity index (χ3n) is 3.12. The molecule has 0 spiro atoms. The fourth-order valence-corrected chi connectivity index (χ4v) is 3.37. The summed E-state index contributed by atoms with van der Waals surface area (Å²) >= 11 is 0. The maximum atomic E-state index is 11.9. The van der Waals surface area contributed by atoms with E-state index >= 15 is 0 Å². The molecular weight excluding hydrogens is 292 g/mol. The summed E-state index contributed by atoms with van der Waals surface area (Å²) < 4.78 is 25.2. The quantitative estimate of drug-likeness (QED) is 0.740. The first kappa shape index (κ1) is 17.5. The summed E-state index contributed by atoms with van der Waals surface area (Å²) in [6.07, 6.45) is 0.0258. The van der Waals surface area contributed by atoms with Gasteiger partial charge in [0.2, 0.25) is 15.9 Å². The number of amides is 1. The molecule has 0 bridgehead atoms. The van der Waals surface area contributed by atoms with Crippen LogP contribution in [0.2, 0.25) is 0 Å². The molecule has 0 saturated carbocycles. The number of phenolic OH excluding ortho intramolecular Hbond substituents is 1. The van der Waals surface area contributed by atoms with Gasteiger partial charge in [-0.15, -0.1) is 0 Å². The Morgan fingerprint density at radius 2 is 1.86 bits per heavy atom. The number of sulfonamides is 1. The van der Waals surface area contributed by atoms with Crippen molar-refractivity contribution in [3.63, 3.8) is 0 Å². The van der Waals surface area contributed by atoms with E-state index in [4.69, 9.17) is 0 Å². The molecule has 0 aliphatic heterocycles. The molecule has 118 valence electrons. The lowest BCUT2D eigenvalue weighted by atomic mass is 10.1. The van der Waals surface area contributed by atoms with Crippen molar-refractivity contribution in [1.82, 2.24) is 9.62 Å². The summed E-state index contributed by atoms with van der Waals surface area (Å²) in [7, 11) is -3.33. The molecule has 0 aliphatic carbocycles. The highest BCUT2D eigenvalue weighted by Crippen LogP contribution is 2.15. The molecule has 21 heavy (non-hydrogen) atoms. The second kappa shape index (κ2) is 7.99. The Bertz CT molecular complexity index is 568. The number of aromatic hydroxyl groups is 1. The van der Waals surface area contributed by atoms with Crippen molar-refractivity contribution in [2.45, 2.75) is 20.3 Å². The number of rotatable bonds is 8. The van der Waals surface area contributed by atoms with Crippen molar-refractivity contribution in [3.05, 3.63) is 29.8 Å². The second-order valence-electron chi connectivity index (χ2n) is 4.56. The monoisotopic (exact) mass is 314 g/mol. The average molecular weight is 314 g/mol. The largest absolute Gasteiger partial charge is 0.508 e. The first-order valence-corrected chi connectivity index (χ1v) is 8.53. The van der Waals surface area contributed by atoms with Gasteiger partial charge in [-0.2, -0.15) is 0 Å². The summed E-state index contributed by atoms with van der Waals surface area (Å²) in [5, 5.41) is 12.1. The fourth-order valence-electron chi connectivity index (χ4n) is 1.96. The summed E-state index contributed by atoms with van der Waals surface area (Å²) in [6.45, 7) is 4.45.